The number of carbonyl (C=O) groups is 1. The molecule has 0 radical (unpaired) electrons. The summed E-state index contributed by atoms with van der Waals surface area (Å²) in [5.74, 6) is -0.0586. The van der Waals surface area contributed by atoms with E-state index in [2.05, 4.69) is 43.6 Å². The molecule has 0 bridgehead atoms. The lowest BCUT2D eigenvalue weighted by Crippen LogP contribution is -2.41. The van der Waals surface area contributed by atoms with Gasteiger partial charge in [-0.2, -0.15) is 0 Å². The van der Waals surface area contributed by atoms with Crippen LogP contribution < -0.4 is 4.72 Å². The van der Waals surface area contributed by atoms with Crippen LogP contribution in [0.15, 0.2) is 46.6 Å². The summed E-state index contributed by atoms with van der Waals surface area (Å²) < 4.78 is 27.3. The number of nitrogens with one attached hydrogen (secondary N) is 1. The zero-order valence-electron chi connectivity index (χ0n) is 22.1. The van der Waals surface area contributed by atoms with Crippen molar-refractivity contribution in [1.29, 1.82) is 0 Å². The maximum atomic E-state index is 13.4. The number of ether oxygens (including phenoxy) is 1. The predicted octanol–water partition coefficient (Wildman–Crippen LogP) is 5.33. The van der Waals surface area contributed by atoms with E-state index in [9.17, 15) is 9.35 Å². The van der Waals surface area contributed by atoms with Gasteiger partial charge in [0, 0.05) is 48.4 Å². The third-order valence-corrected chi connectivity index (χ3v) is 12.4. The van der Waals surface area contributed by atoms with Crippen LogP contribution in [0.25, 0.3) is 0 Å². The summed E-state index contributed by atoms with van der Waals surface area (Å²) in [5.41, 5.74) is 2.39. The topological polar surface area (TPSA) is 83.0 Å². The number of carbonyl (C=O) groups excluding carboxylic acids is 1. The standard InChI is InChI=1S/C26H42N2O4SSi/c1-25(2,3)33(30)28-16-14-22-21(15-17-32-34(7,8)26(4,5)6)24(29)23(18-27-22)31-19-20-12-10-9-11-13-20/h9-13,18,23,28H,14-17,19H2,1-8H3. The van der Waals surface area contributed by atoms with Crippen LogP contribution in [0.5, 0.6) is 0 Å². The molecule has 0 aliphatic carbocycles. The van der Waals surface area contributed by atoms with Crippen molar-refractivity contribution >= 4 is 31.7 Å². The monoisotopic (exact) mass is 506 g/mol. The Morgan fingerprint density at radius 3 is 2.32 bits per heavy atom. The molecule has 34 heavy (non-hydrogen) atoms. The summed E-state index contributed by atoms with van der Waals surface area (Å²) in [5, 5.41) is 0.0984. The molecular weight excluding hydrogens is 464 g/mol. The number of aliphatic imine (C=N–C) groups is 1. The second-order valence-corrected chi connectivity index (χ2v) is 18.0. The normalized spacial score (nSPS) is 18.5. The number of rotatable bonds is 11. The van der Waals surface area contributed by atoms with Crippen molar-refractivity contribution in [2.24, 2.45) is 4.99 Å². The Morgan fingerprint density at radius 2 is 1.74 bits per heavy atom. The molecule has 1 N–H and O–H groups in total. The van der Waals surface area contributed by atoms with E-state index >= 15 is 0 Å². The molecule has 1 aromatic rings. The van der Waals surface area contributed by atoms with Gasteiger partial charge in [0.05, 0.1) is 6.61 Å². The van der Waals surface area contributed by atoms with E-state index in [0.29, 0.717) is 38.2 Å². The van der Waals surface area contributed by atoms with Gasteiger partial charge in [-0.1, -0.05) is 51.1 Å². The number of Topliss-reactive ketones (excluding diaryl/α,β-unsaturated/α-hetero) is 1. The molecular formula is C26H42N2O4SSi. The first kappa shape index (κ1) is 28.9. The summed E-state index contributed by atoms with van der Waals surface area (Å²) in [6.45, 7) is 18.1. The van der Waals surface area contributed by atoms with Crippen molar-refractivity contribution in [3.8, 4) is 0 Å². The molecule has 0 aromatic heterocycles. The summed E-state index contributed by atoms with van der Waals surface area (Å²) in [6, 6.07) is 9.80. The quantitative estimate of drug-likeness (QED) is 0.324. The summed E-state index contributed by atoms with van der Waals surface area (Å²) in [6.07, 6.45) is 1.90. The van der Waals surface area contributed by atoms with Crippen LogP contribution in [-0.2, 0) is 31.9 Å². The fourth-order valence-electron chi connectivity index (χ4n) is 3.08. The molecule has 8 heteroatoms. The van der Waals surface area contributed by atoms with Crippen LogP contribution >= 0.6 is 0 Å². The maximum Gasteiger partial charge on any atom is 0.194 e. The van der Waals surface area contributed by atoms with Gasteiger partial charge in [0.25, 0.3) is 0 Å². The molecule has 1 aliphatic heterocycles. The maximum absolute atomic E-state index is 13.4. The van der Waals surface area contributed by atoms with Crippen molar-refractivity contribution in [3.63, 3.8) is 0 Å². The van der Waals surface area contributed by atoms with Gasteiger partial charge < -0.3 is 13.7 Å². The Morgan fingerprint density at radius 1 is 1.09 bits per heavy atom. The summed E-state index contributed by atoms with van der Waals surface area (Å²) >= 11 is -1.17. The van der Waals surface area contributed by atoms with Crippen LogP contribution in [0.2, 0.25) is 18.1 Å². The first-order valence-corrected chi connectivity index (χ1v) is 16.0. The highest BCUT2D eigenvalue weighted by Gasteiger charge is 2.37. The highest BCUT2D eigenvalue weighted by molar-refractivity contribution is 7.90. The minimum atomic E-state index is -1.93. The molecule has 0 saturated carbocycles. The fourth-order valence-corrected chi connectivity index (χ4v) is 4.85. The molecule has 1 heterocycles. The van der Waals surface area contributed by atoms with E-state index in [1.54, 1.807) is 6.21 Å². The number of nitrogens with zero attached hydrogens (tertiary/aromatic N) is 1. The van der Waals surface area contributed by atoms with Gasteiger partial charge in [0.2, 0.25) is 0 Å². The number of benzene rings is 1. The molecule has 0 amide bonds. The molecule has 1 aromatic carbocycles. The van der Waals surface area contributed by atoms with Crippen LogP contribution in [0.3, 0.4) is 0 Å². The zero-order valence-corrected chi connectivity index (χ0v) is 23.9. The molecule has 0 spiro atoms. The van der Waals surface area contributed by atoms with Crippen molar-refractivity contribution in [3.05, 3.63) is 47.2 Å². The van der Waals surface area contributed by atoms with Gasteiger partial charge in [-0.15, -0.1) is 4.72 Å². The van der Waals surface area contributed by atoms with E-state index in [1.807, 2.05) is 51.1 Å². The minimum Gasteiger partial charge on any atom is -0.598 e. The lowest BCUT2D eigenvalue weighted by molar-refractivity contribution is -0.123. The van der Waals surface area contributed by atoms with Gasteiger partial charge in [-0.3, -0.25) is 9.79 Å². The van der Waals surface area contributed by atoms with E-state index in [0.717, 1.165) is 11.3 Å². The third kappa shape index (κ3) is 8.43. The molecule has 6 nitrogen and oxygen atoms in total. The Balaban J connectivity index is 2.10. The third-order valence-electron chi connectivity index (χ3n) is 6.31. The van der Waals surface area contributed by atoms with Gasteiger partial charge in [-0.25, -0.2) is 0 Å². The predicted molar refractivity (Wildman–Crippen MR) is 144 cm³/mol. The Hall–Kier alpha value is -1.29. The lowest BCUT2D eigenvalue weighted by Gasteiger charge is -2.36. The Bertz CT molecular complexity index is 873. The molecule has 1 aliphatic rings. The van der Waals surface area contributed by atoms with Gasteiger partial charge in [0.1, 0.15) is 4.75 Å². The van der Waals surface area contributed by atoms with Crippen molar-refractivity contribution < 1.29 is 18.5 Å². The Labute approximate surface area is 210 Å². The highest BCUT2D eigenvalue weighted by Crippen LogP contribution is 2.37. The average Bonchev–Trinajstić information content (AvgIpc) is 2.74. The van der Waals surface area contributed by atoms with Crippen molar-refractivity contribution in [2.75, 3.05) is 13.2 Å². The number of hydrogen-bond donors (Lipinski definition) is 1. The van der Waals surface area contributed by atoms with Crippen LogP contribution in [0.1, 0.15) is 59.9 Å². The molecule has 2 atom stereocenters. The fraction of sp³-hybridized carbons (Fsp3) is 0.615. The van der Waals surface area contributed by atoms with E-state index in [-0.39, 0.29) is 15.6 Å². The van der Waals surface area contributed by atoms with Crippen molar-refractivity contribution in [2.45, 2.75) is 90.0 Å². The van der Waals surface area contributed by atoms with E-state index < -0.39 is 25.8 Å². The van der Waals surface area contributed by atoms with Crippen LogP contribution in [-0.4, -0.2) is 48.9 Å². The molecule has 0 saturated heterocycles. The number of hydrogen-bond acceptors (Lipinski definition) is 6. The minimum absolute atomic E-state index is 0.0586. The average molecular weight is 507 g/mol. The molecule has 2 unspecified atom stereocenters. The molecule has 0 fully saturated rings. The summed E-state index contributed by atoms with van der Waals surface area (Å²) in [7, 11) is -1.93. The zero-order chi connectivity index (χ0) is 25.6. The Kier molecular flexibility index (Phi) is 10.3. The van der Waals surface area contributed by atoms with E-state index in [4.69, 9.17) is 9.16 Å². The van der Waals surface area contributed by atoms with Gasteiger partial charge in [0.15, 0.2) is 20.2 Å². The summed E-state index contributed by atoms with van der Waals surface area (Å²) in [4.78, 5) is 18.0. The molecule has 190 valence electrons. The van der Waals surface area contributed by atoms with Gasteiger partial charge in [-0.05, 0) is 50.9 Å². The number of ketones is 1. The van der Waals surface area contributed by atoms with Crippen molar-refractivity contribution in [1.82, 2.24) is 4.72 Å². The first-order chi connectivity index (χ1) is 15.7. The largest absolute Gasteiger partial charge is 0.598 e. The van der Waals surface area contributed by atoms with E-state index in [1.165, 1.54) is 0 Å². The lowest BCUT2D eigenvalue weighted by atomic mass is 9.97. The smallest absolute Gasteiger partial charge is 0.194 e. The highest BCUT2D eigenvalue weighted by atomic mass is 32.2. The van der Waals surface area contributed by atoms with Gasteiger partial charge >= 0.3 is 0 Å². The SMILES string of the molecule is CC(C)(C)[S+]([O-])NCCC1=C(CCO[Si](C)(C)C(C)(C)C)C(=O)C(OCc2ccccc2)C=N1. The van der Waals surface area contributed by atoms with Crippen LogP contribution in [0, 0.1) is 0 Å². The second-order valence-electron chi connectivity index (χ2n) is 11.2. The first-order valence-electron chi connectivity index (χ1n) is 12.0. The second kappa shape index (κ2) is 12.1. The van der Waals surface area contributed by atoms with Crippen LogP contribution in [0.4, 0.5) is 0 Å². The molecule has 2 rings (SSSR count).